The summed E-state index contributed by atoms with van der Waals surface area (Å²) >= 11 is 6.05. The van der Waals surface area contributed by atoms with E-state index < -0.39 is 6.04 Å². The molecule has 0 radical (unpaired) electrons. The second kappa shape index (κ2) is 13.5. The molecule has 3 rings (SSSR count). The molecule has 1 saturated carbocycles. The molecule has 0 spiro atoms. The van der Waals surface area contributed by atoms with Gasteiger partial charge >= 0.3 is 0 Å². The Hall–Kier alpha value is -2.73. The van der Waals surface area contributed by atoms with Gasteiger partial charge in [0.2, 0.25) is 11.8 Å². The van der Waals surface area contributed by atoms with Crippen molar-refractivity contribution in [2.24, 2.45) is 5.92 Å². The third kappa shape index (κ3) is 7.63. The fraction of sp³-hybridized carbons (Fsp3) is 0.517. The predicted molar refractivity (Wildman–Crippen MR) is 144 cm³/mol. The molecule has 0 unspecified atom stereocenters. The van der Waals surface area contributed by atoms with Crippen LogP contribution in [0.15, 0.2) is 48.5 Å². The number of hydrogen-bond acceptors (Lipinski definition) is 4. The highest BCUT2D eigenvalue weighted by atomic mass is 35.5. The van der Waals surface area contributed by atoms with E-state index in [1.54, 1.807) is 24.1 Å². The summed E-state index contributed by atoms with van der Waals surface area (Å²) in [4.78, 5) is 28.5. The first-order valence-electron chi connectivity index (χ1n) is 12.9. The minimum Gasteiger partial charge on any atom is -0.493 e. The zero-order valence-electron chi connectivity index (χ0n) is 21.8. The Morgan fingerprint density at radius 2 is 1.75 bits per heavy atom. The first-order chi connectivity index (χ1) is 17.3. The SMILES string of the molecule is COc1cc([C@@H](C(=O)NC2CCC(C)CC2)N(CCc2ccccc2)C(=O)CCl)ccc1OC(C)C. The fourth-order valence-corrected chi connectivity index (χ4v) is 4.89. The summed E-state index contributed by atoms with van der Waals surface area (Å²) in [6.07, 6.45) is 4.64. The maximum Gasteiger partial charge on any atom is 0.247 e. The molecule has 2 aromatic carbocycles. The molecule has 1 fully saturated rings. The van der Waals surface area contributed by atoms with Gasteiger partial charge in [-0.3, -0.25) is 9.59 Å². The van der Waals surface area contributed by atoms with Gasteiger partial charge in [-0.1, -0.05) is 43.3 Å². The highest BCUT2D eigenvalue weighted by Crippen LogP contribution is 2.34. The van der Waals surface area contributed by atoms with Crippen LogP contribution in [-0.2, 0) is 16.0 Å². The minimum absolute atomic E-state index is 0.0299. The Morgan fingerprint density at radius 1 is 1.06 bits per heavy atom. The van der Waals surface area contributed by atoms with Crippen LogP contribution in [0.3, 0.4) is 0 Å². The van der Waals surface area contributed by atoms with Crippen molar-refractivity contribution >= 4 is 23.4 Å². The van der Waals surface area contributed by atoms with Crippen molar-refractivity contribution in [2.75, 3.05) is 19.5 Å². The summed E-state index contributed by atoms with van der Waals surface area (Å²) in [5.41, 5.74) is 1.75. The van der Waals surface area contributed by atoms with Crippen LogP contribution in [0.2, 0.25) is 0 Å². The number of carbonyl (C=O) groups excluding carboxylic acids is 2. The molecule has 1 atom stereocenters. The summed E-state index contributed by atoms with van der Waals surface area (Å²) in [7, 11) is 1.57. The van der Waals surface area contributed by atoms with Crippen LogP contribution in [-0.4, -0.2) is 48.4 Å². The highest BCUT2D eigenvalue weighted by molar-refractivity contribution is 6.27. The van der Waals surface area contributed by atoms with Crippen LogP contribution in [0.1, 0.15) is 63.6 Å². The molecule has 2 aromatic rings. The smallest absolute Gasteiger partial charge is 0.247 e. The minimum atomic E-state index is -0.832. The summed E-state index contributed by atoms with van der Waals surface area (Å²) < 4.78 is 11.5. The van der Waals surface area contributed by atoms with Gasteiger partial charge in [0.25, 0.3) is 0 Å². The number of methoxy groups -OCH3 is 1. The van der Waals surface area contributed by atoms with Crippen molar-refractivity contribution in [1.29, 1.82) is 0 Å². The average molecular weight is 515 g/mol. The Balaban J connectivity index is 1.95. The largest absolute Gasteiger partial charge is 0.493 e. The Morgan fingerprint density at radius 3 is 2.36 bits per heavy atom. The molecule has 36 heavy (non-hydrogen) atoms. The van der Waals surface area contributed by atoms with Gasteiger partial charge in [0.15, 0.2) is 11.5 Å². The molecule has 1 N–H and O–H groups in total. The van der Waals surface area contributed by atoms with Gasteiger partial charge in [0, 0.05) is 12.6 Å². The van der Waals surface area contributed by atoms with Gasteiger partial charge in [-0.15, -0.1) is 11.6 Å². The topological polar surface area (TPSA) is 67.9 Å². The lowest BCUT2D eigenvalue weighted by molar-refractivity contribution is -0.139. The van der Waals surface area contributed by atoms with Crippen LogP contribution in [0.25, 0.3) is 0 Å². The molecule has 0 aliphatic heterocycles. The standard InChI is InChI=1S/C29H39ClN2O4/c1-20(2)36-25-15-12-23(18-26(25)35-4)28(29(34)31-24-13-10-21(3)11-14-24)32(27(33)19-30)17-16-22-8-6-5-7-9-22/h5-9,12,15,18,20-21,24,28H,10-11,13-14,16-17,19H2,1-4H3,(H,31,34)/t21?,24?,28-/m0/s1. The van der Waals surface area contributed by atoms with Crippen LogP contribution in [0.4, 0.5) is 0 Å². The number of halogens is 1. The number of hydrogen-bond donors (Lipinski definition) is 1. The van der Waals surface area contributed by atoms with Gasteiger partial charge in [-0.2, -0.15) is 0 Å². The molecule has 1 aliphatic rings. The lowest BCUT2D eigenvalue weighted by atomic mass is 9.87. The number of carbonyl (C=O) groups is 2. The van der Waals surface area contributed by atoms with E-state index in [9.17, 15) is 9.59 Å². The molecular formula is C29H39ClN2O4. The first-order valence-corrected chi connectivity index (χ1v) is 13.4. The molecule has 1 aliphatic carbocycles. The van der Waals surface area contributed by atoms with Crippen molar-refractivity contribution in [3.05, 3.63) is 59.7 Å². The van der Waals surface area contributed by atoms with Gasteiger partial charge in [0.05, 0.1) is 13.2 Å². The van der Waals surface area contributed by atoms with E-state index in [1.807, 2.05) is 50.2 Å². The Labute approximate surface area is 220 Å². The molecule has 0 saturated heterocycles. The maximum absolute atomic E-state index is 13.8. The van der Waals surface area contributed by atoms with E-state index >= 15 is 0 Å². The summed E-state index contributed by atoms with van der Waals surface area (Å²) in [5, 5.41) is 3.23. The van der Waals surface area contributed by atoms with E-state index in [1.165, 1.54) is 0 Å². The summed E-state index contributed by atoms with van der Waals surface area (Å²) in [6, 6.07) is 14.6. The van der Waals surface area contributed by atoms with E-state index in [-0.39, 0.29) is 29.8 Å². The predicted octanol–water partition coefficient (Wildman–Crippen LogP) is 5.53. The number of nitrogens with one attached hydrogen (secondary N) is 1. The quantitative estimate of drug-likeness (QED) is 0.400. The van der Waals surface area contributed by atoms with Crippen molar-refractivity contribution in [1.82, 2.24) is 10.2 Å². The van der Waals surface area contributed by atoms with E-state index in [4.69, 9.17) is 21.1 Å². The van der Waals surface area contributed by atoms with Crippen molar-refractivity contribution in [2.45, 2.75) is 71.1 Å². The molecule has 196 valence electrons. The van der Waals surface area contributed by atoms with Crippen LogP contribution < -0.4 is 14.8 Å². The maximum atomic E-state index is 13.8. The van der Waals surface area contributed by atoms with E-state index in [2.05, 4.69) is 12.2 Å². The number of rotatable bonds is 11. The van der Waals surface area contributed by atoms with E-state index in [0.717, 1.165) is 31.2 Å². The second-order valence-corrected chi connectivity index (χ2v) is 10.2. The highest BCUT2D eigenvalue weighted by Gasteiger charge is 2.33. The number of benzene rings is 2. The molecule has 6 nitrogen and oxygen atoms in total. The number of amides is 2. The molecule has 7 heteroatoms. The zero-order chi connectivity index (χ0) is 26.1. The van der Waals surface area contributed by atoms with E-state index in [0.29, 0.717) is 35.9 Å². The molecule has 0 heterocycles. The normalized spacial score (nSPS) is 18.4. The first kappa shape index (κ1) is 27.9. The Kier molecular flexibility index (Phi) is 10.5. The molecular weight excluding hydrogens is 476 g/mol. The zero-order valence-corrected chi connectivity index (χ0v) is 22.6. The Bertz CT molecular complexity index is 990. The lowest BCUT2D eigenvalue weighted by Crippen LogP contribution is -2.48. The second-order valence-electron chi connectivity index (χ2n) is 9.90. The molecule has 0 aromatic heterocycles. The number of alkyl halides is 1. The third-order valence-corrected chi connectivity index (χ3v) is 6.94. The lowest BCUT2D eigenvalue weighted by Gasteiger charge is -2.34. The number of nitrogens with zero attached hydrogens (tertiary/aromatic N) is 1. The van der Waals surface area contributed by atoms with Crippen molar-refractivity contribution in [3.63, 3.8) is 0 Å². The number of ether oxygens (including phenoxy) is 2. The van der Waals surface area contributed by atoms with Gasteiger partial charge in [-0.05, 0) is 75.1 Å². The summed E-state index contributed by atoms with van der Waals surface area (Å²) in [6.45, 7) is 6.50. The molecule has 0 bridgehead atoms. The average Bonchev–Trinajstić information content (AvgIpc) is 2.88. The molecule has 2 amide bonds. The summed E-state index contributed by atoms with van der Waals surface area (Å²) in [5.74, 6) is 1.10. The van der Waals surface area contributed by atoms with Gasteiger partial charge in [0.1, 0.15) is 11.9 Å². The van der Waals surface area contributed by atoms with Crippen LogP contribution >= 0.6 is 11.6 Å². The van der Waals surface area contributed by atoms with Gasteiger partial charge in [-0.25, -0.2) is 0 Å². The third-order valence-electron chi connectivity index (χ3n) is 6.71. The fourth-order valence-electron chi connectivity index (χ4n) is 4.73. The monoisotopic (exact) mass is 514 g/mol. The van der Waals surface area contributed by atoms with Crippen molar-refractivity contribution < 1.29 is 19.1 Å². The van der Waals surface area contributed by atoms with Crippen LogP contribution in [0, 0.1) is 5.92 Å². The van der Waals surface area contributed by atoms with Crippen molar-refractivity contribution in [3.8, 4) is 11.5 Å². The van der Waals surface area contributed by atoms with Crippen LogP contribution in [0.5, 0.6) is 11.5 Å². The van der Waals surface area contributed by atoms with Gasteiger partial charge < -0.3 is 19.7 Å².